The highest BCUT2D eigenvalue weighted by atomic mass is 32.2. The van der Waals surface area contributed by atoms with Crippen LogP contribution in [0.2, 0.25) is 0 Å². The molecule has 0 aliphatic carbocycles. The Morgan fingerprint density at radius 1 is 1.20 bits per heavy atom. The van der Waals surface area contributed by atoms with Crippen LogP contribution in [0.25, 0.3) is 10.1 Å². The largest absolute Gasteiger partial charge is 0.462 e. The van der Waals surface area contributed by atoms with Crippen molar-refractivity contribution in [3.8, 4) is 0 Å². The summed E-state index contributed by atoms with van der Waals surface area (Å²) in [5.41, 5.74) is 0.297. The number of halogens is 1. The van der Waals surface area contributed by atoms with Gasteiger partial charge in [0.15, 0.2) is 0 Å². The number of piperidine rings is 1. The monoisotopic (exact) mass is 457 g/mol. The number of benzene rings is 1. The normalized spacial score (nSPS) is 16.0. The fraction of sp³-hybridized carbons (Fsp3) is 0.500. The summed E-state index contributed by atoms with van der Waals surface area (Å²) < 4.78 is 50.8. The number of fused-ring (bicyclic) bond motifs is 1. The van der Waals surface area contributed by atoms with Crippen LogP contribution in [0.5, 0.6) is 0 Å². The zero-order valence-corrected chi connectivity index (χ0v) is 18.5. The van der Waals surface area contributed by atoms with Gasteiger partial charge in [-0.05, 0) is 38.8 Å². The summed E-state index contributed by atoms with van der Waals surface area (Å²) in [6, 6.07) is 4.54. The summed E-state index contributed by atoms with van der Waals surface area (Å²) >= 11 is 1.10. The molecule has 3 rings (SSSR count). The van der Waals surface area contributed by atoms with Crippen LogP contribution in [0, 0.1) is 11.7 Å². The van der Waals surface area contributed by atoms with E-state index < -0.39 is 33.7 Å². The van der Waals surface area contributed by atoms with Crippen molar-refractivity contribution in [2.45, 2.75) is 33.3 Å². The van der Waals surface area contributed by atoms with Crippen molar-refractivity contribution < 1.29 is 31.9 Å². The molecule has 2 heterocycles. The molecule has 30 heavy (non-hydrogen) atoms. The van der Waals surface area contributed by atoms with E-state index in [1.807, 2.05) is 0 Å². The van der Waals surface area contributed by atoms with Crippen molar-refractivity contribution in [3.63, 3.8) is 0 Å². The highest BCUT2D eigenvalue weighted by Gasteiger charge is 2.31. The number of nitrogens with zero attached hydrogens (tertiary/aromatic N) is 1. The quantitative estimate of drug-likeness (QED) is 0.593. The number of carbonyl (C=O) groups excluding carboxylic acids is 2. The van der Waals surface area contributed by atoms with Crippen molar-refractivity contribution in [1.82, 2.24) is 4.31 Å². The van der Waals surface area contributed by atoms with Crippen LogP contribution in [0.4, 0.5) is 4.39 Å². The van der Waals surface area contributed by atoms with E-state index in [9.17, 15) is 22.4 Å². The summed E-state index contributed by atoms with van der Waals surface area (Å²) in [5, 5.41) is 0.252. The average molecular weight is 458 g/mol. The van der Waals surface area contributed by atoms with E-state index in [2.05, 4.69) is 0 Å². The van der Waals surface area contributed by atoms with Crippen LogP contribution in [-0.4, -0.2) is 50.1 Å². The van der Waals surface area contributed by atoms with Crippen LogP contribution in [0.15, 0.2) is 18.2 Å². The smallest absolute Gasteiger partial charge is 0.348 e. The first-order valence-electron chi connectivity index (χ1n) is 9.80. The second-order valence-electron chi connectivity index (χ2n) is 6.92. The minimum absolute atomic E-state index is 0.0234. The summed E-state index contributed by atoms with van der Waals surface area (Å²) in [7, 11) is -3.28. The van der Waals surface area contributed by atoms with Gasteiger partial charge in [0.05, 0.1) is 18.3 Å². The van der Waals surface area contributed by atoms with E-state index in [1.165, 1.54) is 10.4 Å². The Morgan fingerprint density at radius 2 is 1.90 bits per heavy atom. The first kappa shape index (κ1) is 22.6. The number of carbonyl (C=O) groups is 2. The van der Waals surface area contributed by atoms with Gasteiger partial charge in [0.1, 0.15) is 17.3 Å². The molecule has 0 bridgehead atoms. The highest BCUT2D eigenvalue weighted by Crippen LogP contribution is 2.34. The molecular weight excluding hydrogens is 433 g/mol. The van der Waals surface area contributed by atoms with Crippen molar-refractivity contribution in [2.75, 3.05) is 25.4 Å². The maximum absolute atomic E-state index is 14.4. The first-order valence-corrected chi connectivity index (χ1v) is 12.2. The molecule has 7 nitrogen and oxygen atoms in total. The molecule has 0 N–H and O–H groups in total. The minimum Gasteiger partial charge on any atom is -0.462 e. The molecule has 1 aliphatic rings. The number of esters is 2. The van der Waals surface area contributed by atoms with Crippen molar-refractivity contribution in [1.29, 1.82) is 0 Å². The number of hydrogen-bond donors (Lipinski definition) is 0. The Balaban J connectivity index is 1.73. The molecule has 1 aliphatic heterocycles. The van der Waals surface area contributed by atoms with E-state index in [1.54, 1.807) is 26.0 Å². The standard InChI is InChI=1S/C20H24FNO6S2/c1-3-27-20(24)18-14(17-15(21)6-5-7-16(17)29-18)12-28-19(23)13-8-10-22(11-9-13)30(25,26)4-2/h5-7,13H,3-4,8-12H2,1-2H3. The lowest BCUT2D eigenvalue weighted by Gasteiger charge is -2.29. The van der Waals surface area contributed by atoms with Crippen LogP contribution >= 0.6 is 11.3 Å². The number of sulfonamides is 1. The molecule has 0 spiro atoms. The predicted octanol–water partition coefficient (Wildman–Crippen LogP) is 3.32. The number of ether oxygens (including phenoxy) is 2. The van der Waals surface area contributed by atoms with Gasteiger partial charge in [-0.25, -0.2) is 21.9 Å². The van der Waals surface area contributed by atoms with Gasteiger partial charge in [-0.15, -0.1) is 11.3 Å². The van der Waals surface area contributed by atoms with Gasteiger partial charge in [0.2, 0.25) is 10.0 Å². The van der Waals surface area contributed by atoms with Gasteiger partial charge in [-0.3, -0.25) is 4.79 Å². The Kier molecular flexibility index (Phi) is 7.10. The Morgan fingerprint density at radius 3 is 2.53 bits per heavy atom. The molecule has 0 amide bonds. The third kappa shape index (κ3) is 4.65. The fourth-order valence-corrected chi connectivity index (χ4v) is 5.73. The van der Waals surface area contributed by atoms with Crippen molar-refractivity contribution >= 4 is 43.4 Å². The average Bonchev–Trinajstić information content (AvgIpc) is 3.12. The maximum Gasteiger partial charge on any atom is 0.348 e. The molecule has 1 aromatic heterocycles. The lowest BCUT2D eigenvalue weighted by Crippen LogP contribution is -2.41. The molecule has 1 fully saturated rings. The Bertz CT molecular complexity index is 1040. The first-order chi connectivity index (χ1) is 14.3. The fourth-order valence-electron chi connectivity index (χ4n) is 3.48. The van der Waals surface area contributed by atoms with E-state index >= 15 is 0 Å². The molecule has 0 atom stereocenters. The molecule has 10 heteroatoms. The van der Waals surface area contributed by atoms with Crippen LogP contribution in [0.3, 0.4) is 0 Å². The number of rotatable bonds is 7. The van der Waals surface area contributed by atoms with Gasteiger partial charge in [0, 0.05) is 28.7 Å². The minimum atomic E-state index is -3.28. The van der Waals surface area contributed by atoms with E-state index in [-0.39, 0.29) is 42.3 Å². The molecule has 0 radical (unpaired) electrons. The molecule has 2 aromatic rings. The van der Waals surface area contributed by atoms with Crippen molar-refractivity contribution in [3.05, 3.63) is 34.5 Å². The Hall–Kier alpha value is -2.04. The third-order valence-corrected chi connectivity index (χ3v) is 8.19. The highest BCUT2D eigenvalue weighted by molar-refractivity contribution is 7.89. The number of hydrogen-bond acceptors (Lipinski definition) is 7. The zero-order chi connectivity index (χ0) is 21.9. The third-order valence-electron chi connectivity index (χ3n) is 5.13. The molecule has 0 saturated carbocycles. The van der Waals surface area contributed by atoms with Gasteiger partial charge in [0.25, 0.3) is 0 Å². The summed E-state index contributed by atoms with van der Waals surface area (Å²) in [4.78, 5) is 25.1. The lowest BCUT2D eigenvalue weighted by atomic mass is 9.98. The lowest BCUT2D eigenvalue weighted by molar-refractivity contribution is -0.151. The van der Waals surface area contributed by atoms with Crippen molar-refractivity contribution in [2.24, 2.45) is 5.92 Å². The second-order valence-corrected chi connectivity index (χ2v) is 10.2. The predicted molar refractivity (Wildman–Crippen MR) is 111 cm³/mol. The van der Waals surface area contributed by atoms with Crippen LogP contribution in [-0.2, 0) is 30.9 Å². The van der Waals surface area contributed by atoms with E-state index in [4.69, 9.17) is 9.47 Å². The molecule has 0 unspecified atom stereocenters. The Labute approximate surface area is 178 Å². The second kappa shape index (κ2) is 9.40. The molecular formula is C20H24FNO6S2. The van der Waals surface area contributed by atoms with E-state index in [0.717, 1.165) is 11.3 Å². The van der Waals surface area contributed by atoms with Crippen LogP contribution < -0.4 is 0 Å². The summed E-state index contributed by atoms with van der Waals surface area (Å²) in [5.74, 6) is -1.97. The summed E-state index contributed by atoms with van der Waals surface area (Å²) in [6.07, 6.45) is 0.725. The molecule has 1 aromatic carbocycles. The van der Waals surface area contributed by atoms with Crippen LogP contribution in [0.1, 0.15) is 41.9 Å². The maximum atomic E-state index is 14.4. The molecule has 1 saturated heterocycles. The van der Waals surface area contributed by atoms with Gasteiger partial charge < -0.3 is 9.47 Å². The van der Waals surface area contributed by atoms with E-state index in [0.29, 0.717) is 23.1 Å². The number of thiophene rings is 1. The summed E-state index contributed by atoms with van der Waals surface area (Å²) in [6.45, 7) is 3.72. The SMILES string of the molecule is CCOC(=O)c1sc2cccc(F)c2c1COC(=O)C1CCN(S(=O)(=O)CC)CC1. The topological polar surface area (TPSA) is 90.0 Å². The molecule has 164 valence electrons. The van der Waals surface area contributed by atoms with Gasteiger partial charge in [-0.1, -0.05) is 6.07 Å². The van der Waals surface area contributed by atoms with Gasteiger partial charge in [-0.2, -0.15) is 0 Å². The zero-order valence-electron chi connectivity index (χ0n) is 16.9. The van der Waals surface area contributed by atoms with Gasteiger partial charge >= 0.3 is 11.9 Å².